The van der Waals surface area contributed by atoms with E-state index < -0.39 is 9.84 Å². The first-order valence-corrected chi connectivity index (χ1v) is 10.8. The summed E-state index contributed by atoms with van der Waals surface area (Å²) in [5.74, 6) is -0.0183. The van der Waals surface area contributed by atoms with Gasteiger partial charge in [0.2, 0.25) is 0 Å². The van der Waals surface area contributed by atoms with Gasteiger partial charge < -0.3 is 4.90 Å². The third kappa shape index (κ3) is 4.63. The van der Waals surface area contributed by atoms with Crippen LogP contribution in [0, 0.1) is 0 Å². The molecule has 2 aromatic carbocycles. The van der Waals surface area contributed by atoms with Crippen LogP contribution in [0.25, 0.3) is 0 Å². The van der Waals surface area contributed by atoms with Gasteiger partial charge in [0.15, 0.2) is 9.84 Å². The monoisotopic (exact) mass is 441 g/mol. The fraction of sp³-hybridized carbons (Fsp3) is 0.278. The summed E-state index contributed by atoms with van der Waals surface area (Å²) in [6.45, 7) is 0.353. The molecule has 1 amide bonds. The minimum absolute atomic E-state index is 0.0167. The van der Waals surface area contributed by atoms with Crippen LogP contribution < -0.4 is 0 Å². The van der Waals surface area contributed by atoms with E-state index in [0.717, 1.165) is 10.0 Å². The van der Waals surface area contributed by atoms with E-state index in [1.807, 2.05) is 12.1 Å². The number of hydrogen-bond donors (Lipinski definition) is 0. The van der Waals surface area contributed by atoms with Crippen LogP contribution in [0.4, 0.5) is 0 Å². The quantitative estimate of drug-likeness (QED) is 0.721. The molecule has 4 nitrogen and oxygen atoms in total. The van der Waals surface area contributed by atoms with Crippen molar-refractivity contribution < 1.29 is 13.2 Å². The lowest BCUT2D eigenvalue weighted by Crippen LogP contribution is -2.40. The van der Waals surface area contributed by atoms with Crippen molar-refractivity contribution in [1.29, 1.82) is 0 Å². The molecule has 0 bridgehead atoms. The lowest BCUT2D eigenvalue weighted by atomic mass is 10.1. The number of hydrogen-bond acceptors (Lipinski definition) is 3. The SMILES string of the molecule is O=C(c1ccc(Br)cc1)N(Cc1ccc(Cl)cc1)[C@H]1CCS(=O)(=O)C1. The number of sulfone groups is 1. The zero-order valence-corrected chi connectivity index (χ0v) is 16.5. The summed E-state index contributed by atoms with van der Waals surface area (Å²) < 4.78 is 24.7. The van der Waals surface area contributed by atoms with Crippen LogP contribution in [0.15, 0.2) is 53.0 Å². The van der Waals surface area contributed by atoms with Gasteiger partial charge in [0.25, 0.3) is 5.91 Å². The summed E-state index contributed by atoms with van der Waals surface area (Å²) in [5.41, 5.74) is 1.46. The molecular weight excluding hydrogens is 426 g/mol. The van der Waals surface area contributed by atoms with Crippen molar-refractivity contribution in [2.24, 2.45) is 0 Å². The summed E-state index contributed by atoms with van der Waals surface area (Å²) in [4.78, 5) is 14.7. The number of benzene rings is 2. The predicted molar refractivity (Wildman–Crippen MR) is 103 cm³/mol. The Bertz CT molecular complexity index is 866. The Balaban J connectivity index is 1.89. The Kier molecular flexibility index (Phi) is 5.51. The molecule has 2 aromatic rings. The van der Waals surface area contributed by atoms with Crippen molar-refractivity contribution >= 4 is 43.3 Å². The van der Waals surface area contributed by atoms with E-state index >= 15 is 0 Å². The highest BCUT2D eigenvalue weighted by atomic mass is 79.9. The Morgan fingerprint density at radius 3 is 2.32 bits per heavy atom. The summed E-state index contributed by atoms with van der Waals surface area (Å²) in [6, 6.07) is 14.0. The van der Waals surface area contributed by atoms with Gasteiger partial charge in [0.1, 0.15) is 0 Å². The lowest BCUT2D eigenvalue weighted by Gasteiger charge is -2.28. The molecule has 3 rings (SSSR count). The maximum atomic E-state index is 13.0. The second-order valence-corrected chi connectivity index (χ2v) is 9.70. The van der Waals surface area contributed by atoms with Crippen LogP contribution in [-0.4, -0.2) is 36.8 Å². The van der Waals surface area contributed by atoms with E-state index in [-0.39, 0.29) is 23.5 Å². The second-order valence-electron chi connectivity index (χ2n) is 6.12. The van der Waals surface area contributed by atoms with E-state index in [1.165, 1.54) is 0 Å². The molecule has 132 valence electrons. The number of carbonyl (C=O) groups excluding carboxylic acids is 1. The highest BCUT2D eigenvalue weighted by molar-refractivity contribution is 9.10. The van der Waals surface area contributed by atoms with Crippen LogP contribution in [0.5, 0.6) is 0 Å². The molecule has 1 aliphatic rings. The number of amides is 1. The fourth-order valence-electron chi connectivity index (χ4n) is 2.93. The highest BCUT2D eigenvalue weighted by Crippen LogP contribution is 2.23. The minimum atomic E-state index is -3.08. The van der Waals surface area contributed by atoms with E-state index in [1.54, 1.807) is 41.3 Å². The molecule has 7 heteroatoms. The van der Waals surface area contributed by atoms with E-state index in [9.17, 15) is 13.2 Å². The molecule has 1 aliphatic heterocycles. The molecule has 1 saturated heterocycles. The van der Waals surface area contributed by atoms with Gasteiger partial charge in [-0.25, -0.2) is 8.42 Å². The summed E-state index contributed by atoms with van der Waals surface area (Å²) >= 11 is 9.28. The highest BCUT2D eigenvalue weighted by Gasteiger charge is 2.35. The van der Waals surface area contributed by atoms with Gasteiger partial charge in [-0.1, -0.05) is 39.7 Å². The van der Waals surface area contributed by atoms with Crippen molar-refractivity contribution in [2.75, 3.05) is 11.5 Å². The van der Waals surface area contributed by atoms with Gasteiger partial charge in [-0.2, -0.15) is 0 Å². The average molecular weight is 443 g/mol. The third-order valence-electron chi connectivity index (χ3n) is 4.27. The summed E-state index contributed by atoms with van der Waals surface area (Å²) in [7, 11) is -3.08. The van der Waals surface area contributed by atoms with Gasteiger partial charge >= 0.3 is 0 Å². The molecule has 0 spiro atoms. The second kappa shape index (κ2) is 7.48. The first kappa shape index (κ1) is 18.4. The van der Waals surface area contributed by atoms with Gasteiger partial charge in [0.05, 0.1) is 11.5 Å². The summed E-state index contributed by atoms with van der Waals surface area (Å²) in [5, 5.41) is 0.623. The summed E-state index contributed by atoms with van der Waals surface area (Å²) in [6.07, 6.45) is 0.470. The van der Waals surface area contributed by atoms with Crippen molar-refractivity contribution in [3.63, 3.8) is 0 Å². The molecule has 0 radical (unpaired) electrons. The number of nitrogens with zero attached hydrogens (tertiary/aromatic N) is 1. The maximum Gasteiger partial charge on any atom is 0.254 e. The molecule has 1 fully saturated rings. The van der Waals surface area contributed by atoms with Crippen molar-refractivity contribution in [1.82, 2.24) is 4.90 Å². The van der Waals surface area contributed by atoms with Crippen LogP contribution in [0.1, 0.15) is 22.3 Å². The first-order chi connectivity index (χ1) is 11.8. The topological polar surface area (TPSA) is 54.5 Å². The van der Waals surface area contributed by atoms with Gasteiger partial charge in [0, 0.05) is 27.6 Å². The van der Waals surface area contributed by atoms with Gasteiger partial charge in [-0.15, -0.1) is 0 Å². The van der Waals surface area contributed by atoms with Gasteiger partial charge in [-0.05, 0) is 48.4 Å². The maximum absolute atomic E-state index is 13.0. The van der Waals surface area contributed by atoms with Crippen molar-refractivity contribution in [3.05, 3.63) is 69.2 Å². The number of rotatable bonds is 4. The molecule has 0 aliphatic carbocycles. The zero-order valence-electron chi connectivity index (χ0n) is 13.4. The molecule has 0 saturated carbocycles. The Morgan fingerprint density at radius 2 is 1.76 bits per heavy atom. The van der Waals surface area contributed by atoms with Crippen LogP contribution >= 0.6 is 27.5 Å². The minimum Gasteiger partial charge on any atom is -0.330 e. The number of carbonyl (C=O) groups is 1. The molecule has 1 heterocycles. The normalized spacial score (nSPS) is 18.9. The molecule has 1 atom stereocenters. The average Bonchev–Trinajstić information content (AvgIpc) is 2.94. The van der Waals surface area contributed by atoms with Crippen molar-refractivity contribution in [2.45, 2.75) is 19.0 Å². The fourth-order valence-corrected chi connectivity index (χ4v) is 5.05. The molecular formula is C18H17BrClNO3S. The Morgan fingerprint density at radius 1 is 1.12 bits per heavy atom. The Labute approximate surface area is 160 Å². The smallest absolute Gasteiger partial charge is 0.254 e. The first-order valence-electron chi connectivity index (χ1n) is 7.85. The molecule has 0 aromatic heterocycles. The number of halogens is 2. The van der Waals surface area contributed by atoms with Gasteiger partial charge in [-0.3, -0.25) is 4.79 Å². The van der Waals surface area contributed by atoms with E-state index in [4.69, 9.17) is 11.6 Å². The molecule has 0 N–H and O–H groups in total. The Hall–Kier alpha value is -1.37. The standard InChI is InChI=1S/C18H17BrClNO3S/c19-15-5-3-14(4-6-15)18(22)21(17-9-10-25(23,24)12-17)11-13-1-7-16(20)8-2-13/h1-8,17H,9-12H2/t17-/m0/s1. The largest absolute Gasteiger partial charge is 0.330 e. The third-order valence-corrected chi connectivity index (χ3v) is 6.80. The molecule has 0 unspecified atom stereocenters. The zero-order chi connectivity index (χ0) is 18.0. The van der Waals surface area contributed by atoms with Crippen LogP contribution in [0.2, 0.25) is 5.02 Å². The van der Waals surface area contributed by atoms with E-state index in [0.29, 0.717) is 23.6 Å². The van der Waals surface area contributed by atoms with Crippen LogP contribution in [-0.2, 0) is 16.4 Å². The predicted octanol–water partition coefficient (Wildman–Crippen LogP) is 3.93. The van der Waals surface area contributed by atoms with E-state index in [2.05, 4.69) is 15.9 Å². The lowest BCUT2D eigenvalue weighted by molar-refractivity contribution is 0.0681. The van der Waals surface area contributed by atoms with Crippen molar-refractivity contribution in [3.8, 4) is 0 Å². The molecule has 25 heavy (non-hydrogen) atoms. The van der Waals surface area contributed by atoms with Crippen LogP contribution in [0.3, 0.4) is 0 Å².